The van der Waals surface area contributed by atoms with Gasteiger partial charge in [0.05, 0.1) is 39.2 Å². The van der Waals surface area contributed by atoms with E-state index in [0.717, 1.165) is 16.7 Å². The molecule has 1 saturated heterocycles. The van der Waals surface area contributed by atoms with E-state index in [1.54, 1.807) is 36.4 Å². The van der Waals surface area contributed by atoms with Gasteiger partial charge in [-0.25, -0.2) is 4.79 Å². The number of esters is 1. The zero-order chi connectivity index (χ0) is 26.0. The van der Waals surface area contributed by atoms with Gasteiger partial charge >= 0.3 is 5.97 Å². The molecule has 1 fully saturated rings. The molecule has 0 radical (unpaired) electrons. The topological polar surface area (TPSA) is 72.9 Å². The second kappa shape index (κ2) is 11.2. The van der Waals surface area contributed by atoms with Crippen LogP contribution in [0, 0.1) is 0 Å². The minimum atomic E-state index is -0.747. The number of benzene rings is 3. The summed E-state index contributed by atoms with van der Waals surface area (Å²) in [4.78, 5) is 39.7. The molecule has 0 bridgehead atoms. The van der Waals surface area contributed by atoms with Crippen LogP contribution in [-0.2, 0) is 11.3 Å². The average Bonchev–Trinajstić information content (AvgIpc) is 3.09. The van der Waals surface area contributed by atoms with E-state index in [-0.39, 0.29) is 33.5 Å². The van der Waals surface area contributed by atoms with Crippen molar-refractivity contribution in [3.05, 3.63) is 96.3 Å². The van der Waals surface area contributed by atoms with E-state index in [0.29, 0.717) is 26.2 Å². The Bertz CT molecular complexity index is 1430. The van der Waals surface area contributed by atoms with Crippen molar-refractivity contribution >= 4 is 81.4 Å². The molecular weight excluding hydrogens is 568 g/mol. The van der Waals surface area contributed by atoms with Gasteiger partial charge < -0.3 is 9.47 Å². The molecule has 0 N–H and O–H groups in total. The lowest BCUT2D eigenvalue weighted by atomic mass is 10.1. The third-order valence-electron chi connectivity index (χ3n) is 5.06. The van der Waals surface area contributed by atoms with E-state index in [9.17, 15) is 14.4 Å². The van der Waals surface area contributed by atoms with Gasteiger partial charge in [0.15, 0.2) is 11.5 Å². The highest BCUT2D eigenvalue weighted by Crippen LogP contribution is 2.39. The number of carbonyl (C=O) groups excluding carboxylic acids is 3. The Hall–Kier alpha value is -2.68. The number of nitrogens with zero attached hydrogens (tertiary/aromatic N) is 1. The number of carbonyl (C=O) groups is 3. The third kappa shape index (κ3) is 5.66. The van der Waals surface area contributed by atoms with E-state index in [1.807, 2.05) is 0 Å². The molecule has 0 aromatic heterocycles. The predicted octanol–water partition coefficient (Wildman–Crippen LogP) is 7.76. The Balaban J connectivity index is 1.63. The van der Waals surface area contributed by atoms with Crippen LogP contribution < -0.4 is 9.47 Å². The highest BCUT2D eigenvalue weighted by atomic mass is 35.5. The molecule has 3 aromatic carbocycles. The van der Waals surface area contributed by atoms with Crippen LogP contribution in [0.3, 0.4) is 0 Å². The zero-order valence-corrected chi connectivity index (χ0v) is 22.2. The molecule has 11 heteroatoms. The summed E-state index contributed by atoms with van der Waals surface area (Å²) in [6, 6.07) is 14.1. The lowest BCUT2D eigenvalue weighted by molar-refractivity contribution is -0.123. The smallest absolute Gasteiger partial charge is 0.345 e. The van der Waals surface area contributed by atoms with Crippen molar-refractivity contribution in [2.45, 2.75) is 6.54 Å². The van der Waals surface area contributed by atoms with Crippen LogP contribution in [0.5, 0.6) is 11.5 Å². The van der Waals surface area contributed by atoms with Crippen LogP contribution in [0.1, 0.15) is 21.5 Å². The van der Waals surface area contributed by atoms with Gasteiger partial charge in [0.2, 0.25) is 0 Å². The number of rotatable bonds is 6. The van der Waals surface area contributed by atoms with Gasteiger partial charge in [0.25, 0.3) is 11.1 Å². The molecule has 184 valence electrons. The fourth-order valence-electron chi connectivity index (χ4n) is 3.32. The fraction of sp³-hybridized carbons (Fsp3) is 0.0800. The van der Waals surface area contributed by atoms with Gasteiger partial charge in [-0.15, -0.1) is 0 Å². The molecular formula is C25H15Cl4NO5S. The lowest BCUT2D eigenvalue weighted by Gasteiger charge is -2.14. The fourth-order valence-corrected chi connectivity index (χ4v) is 4.95. The normalized spacial score (nSPS) is 14.5. The van der Waals surface area contributed by atoms with Crippen LogP contribution in [0.15, 0.2) is 59.5 Å². The number of thioether (sulfide) groups is 1. The SMILES string of the molecule is COc1cccc(/C=C2\SC(=O)N(Cc3ccc(Cl)c(Cl)c3)C2=O)c1OC(=O)c1ccc(Cl)cc1Cl. The molecule has 3 aromatic rings. The molecule has 0 unspecified atom stereocenters. The number of amides is 2. The van der Waals surface area contributed by atoms with Crippen LogP contribution >= 0.6 is 58.2 Å². The summed E-state index contributed by atoms with van der Waals surface area (Å²) in [5.41, 5.74) is 1.09. The number of methoxy groups -OCH3 is 1. The first-order valence-electron chi connectivity index (χ1n) is 10.2. The Labute approximate surface area is 230 Å². The minimum absolute atomic E-state index is 0.0217. The summed E-state index contributed by atoms with van der Waals surface area (Å²) in [5, 5.41) is 0.722. The maximum absolute atomic E-state index is 13.1. The number of ether oxygens (including phenoxy) is 2. The van der Waals surface area contributed by atoms with Crippen molar-refractivity contribution in [1.29, 1.82) is 0 Å². The van der Waals surface area contributed by atoms with Gasteiger partial charge in [0.1, 0.15) is 0 Å². The van der Waals surface area contributed by atoms with Crippen molar-refractivity contribution in [3.63, 3.8) is 0 Å². The molecule has 6 nitrogen and oxygen atoms in total. The first-order valence-corrected chi connectivity index (χ1v) is 12.5. The van der Waals surface area contributed by atoms with Gasteiger partial charge in [-0.1, -0.05) is 64.6 Å². The first-order chi connectivity index (χ1) is 17.2. The maximum Gasteiger partial charge on any atom is 0.345 e. The quantitative estimate of drug-likeness (QED) is 0.168. The predicted molar refractivity (Wildman–Crippen MR) is 142 cm³/mol. The number of hydrogen-bond acceptors (Lipinski definition) is 6. The largest absolute Gasteiger partial charge is 0.493 e. The summed E-state index contributed by atoms with van der Waals surface area (Å²) in [6.45, 7) is 0.0217. The summed E-state index contributed by atoms with van der Waals surface area (Å²) in [6.07, 6.45) is 1.47. The second-order valence-corrected chi connectivity index (χ2v) is 10.1. The van der Waals surface area contributed by atoms with Gasteiger partial charge in [-0.2, -0.15) is 0 Å². The molecule has 36 heavy (non-hydrogen) atoms. The number of hydrogen-bond donors (Lipinski definition) is 0. The molecule has 1 aliphatic heterocycles. The van der Waals surface area contributed by atoms with Crippen molar-refractivity contribution in [2.24, 2.45) is 0 Å². The van der Waals surface area contributed by atoms with Crippen molar-refractivity contribution in [2.75, 3.05) is 7.11 Å². The number of halogens is 4. The minimum Gasteiger partial charge on any atom is -0.493 e. The van der Waals surface area contributed by atoms with Crippen molar-refractivity contribution in [3.8, 4) is 11.5 Å². The van der Waals surface area contributed by atoms with E-state index >= 15 is 0 Å². The Morgan fingerprint density at radius 2 is 1.75 bits per heavy atom. The second-order valence-electron chi connectivity index (χ2n) is 7.41. The third-order valence-corrected chi connectivity index (χ3v) is 7.25. The molecule has 0 atom stereocenters. The maximum atomic E-state index is 13.1. The lowest BCUT2D eigenvalue weighted by Crippen LogP contribution is -2.27. The van der Waals surface area contributed by atoms with Gasteiger partial charge in [0, 0.05) is 10.6 Å². The highest BCUT2D eigenvalue weighted by Gasteiger charge is 2.35. The summed E-state index contributed by atoms with van der Waals surface area (Å²) >= 11 is 24.8. The molecule has 1 aliphatic rings. The van der Waals surface area contributed by atoms with Crippen LogP contribution in [-0.4, -0.2) is 29.1 Å². The average molecular weight is 583 g/mol. The van der Waals surface area contributed by atoms with Crippen molar-refractivity contribution < 1.29 is 23.9 Å². The Morgan fingerprint density at radius 3 is 2.44 bits per heavy atom. The summed E-state index contributed by atoms with van der Waals surface area (Å²) in [7, 11) is 1.41. The van der Waals surface area contributed by atoms with E-state index in [1.165, 1.54) is 31.4 Å². The van der Waals surface area contributed by atoms with Gasteiger partial charge in [-0.05, 0) is 59.8 Å². The summed E-state index contributed by atoms with van der Waals surface area (Å²) < 4.78 is 11.0. The van der Waals surface area contributed by atoms with Crippen molar-refractivity contribution in [1.82, 2.24) is 4.90 Å². The Morgan fingerprint density at radius 1 is 0.972 bits per heavy atom. The highest BCUT2D eigenvalue weighted by molar-refractivity contribution is 8.18. The van der Waals surface area contributed by atoms with E-state index < -0.39 is 17.1 Å². The van der Waals surface area contributed by atoms with Crippen LogP contribution in [0.25, 0.3) is 6.08 Å². The number of para-hydroxylation sites is 1. The molecule has 2 amide bonds. The molecule has 4 rings (SSSR count). The van der Waals surface area contributed by atoms with Crippen LogP contribution in [0.4, 0.5) is 4.79 Å². The monoisotopic (exact) mass is 581 g/mol. The molecule has 0 aliphatic carbocycles. The molecule has 0 spiro atoms. The zero-order valence-electron chi connectivity index (χ0n) is 18.4. The molecule has 0 saturated carbocycles. The van der Waals surface area contributed by atoms with E-state index in [4.69, 9.17) is 55.9 Å². The summed E-state index contributed by atoms with van der Waals surface area (Å²) in [5.74, 6) is -0.940. The number of imide groups is 1. The Kier molecular flexibility index (Phi) is 8.17. The standard InChI is InChI=1S/C25H15Cl4NO5S/c1-34-20-4-2-3-14(22(20)35-24(32)16-7-6-15(26)11-18(16)28)10-21-23(31)30(25(33)36-21)12-13-5-8-17(27)19(29)9-13/h2-11H,12H2,1H3/b21-10-. The first kappa shape index (κ1) is 26.4. The van der Waals surface area contributed by atoms with E-state index in [2.05, 4.69) is 0 Å². The van der Waals surface area contributed by atoms with Gasteiger partial charge in [-0.3, -0.25) is 14.5 Å². The molecule has 1 heterocycles. The van der Waals surface area contributed by atoms with Crippen LogP contribution in [0.2, 0.25) is 20.1 Å².